The number of rotatable bonds is 9. The zero-order chi connectivity index (χ0) is 21.6. The molecule has 2 rings (SSSR count). The summed E-state index contributed by atoms with van der Waals surface area (Å²) in [6, 6.07) is 7.73. The van der Waals surface area contributed by atoms with Gasteiger partial charge in [-0.1, -0.05) is 38.1 Å². The van der Waals surface area contributed by atoms with E-state index in [2.05, 4.69) is 19.2 Å². The number of allylic oxidation sites excluding steroid dienone is 2. The predicted molar refractivity (Wildman–Crippen MR) is 110 cm³/mol. The molecule has 0 aliphatic heterocycles. The summed E-state index contributed by atoms with van der Waals surface area (Å²) < 4.78 is 10.2. The molecule has 6 heteroatoms. The summed E-state index contributed by atoms with van der Waals surface area (Å²) in [5, 5.41) is 2.91. The van der Waals surface area contributed by atoms with Crippen molar-refractivity contribution in [2.45, 2.75) is 40.0 Å². The zero-order valence-corrected chi connectivity index (χ0v) is 17.8. The maximum atomic E-state index is 12.7. The van der Waals surface area contributed by atoms with Crippen LogP contribution in [0, 0.1) is 5.92 Å². The second-order valence-corrected chi connectivity index (χ2v) is 7.52. The Morgan fingerprint density at radius 1 is 0.966 bits per heavy atom. The van der Waals surface area contributed by atoms with Crippen LogP contribution in [0.25, 0.3) is 0 Å². The molecule has 156 valence electrons. The van der Waals surface area contributed by atoms with E-state index in [1.165, 1.54) is 14.2 Å². The Morgan fingerprint density at radius 2 is 1.52 bits per heavy atom. The zero-order valence-electron chi connectivity index (χ0n) is 17.8. The molecule has 29 heavy (non-hydrogen) atoms. The van der Waals surface area contributed by atoms with Crippen molar-refractivity contribution in [3.63, 3.8) is 0 Å². The smallest absolute Gasteiger partial charge is 0.228 e. The van der Waals surface area contributed by atoms with E-state index in [-0.39, 0.29) is 29.0 Å². The van der Waals surface area contributed by atoms with Gasteiger partial charge in [-0.15, -0.1) is 0 Å². The van der Waals surface area contributed by atoms with Gasteiger partial charge in [0.25, 0.3) is 0 Å². The van der Waals surface area contributed by atoms with Crippen LogP contribution in [0.15, 0.2) is 46.9 Å². The molecule has 0 spiro atoms. The number of Topliss-reactive ketones (excluding diaryl/α,β-unsaturated/α-hetero) is 2. The molecule has 0 radical (unpaired) electrons. The second kappa shape index (κ2) is 10.0. The topological polar surface area (TPSA) is 81.7 Å². The highest BCUT2D eigenvalue weighted by molar-refractivity contribution is 6.23. The van der Waals surface area contributed by atoms with E-state index in [1.54, 1.807) is 6.92 Å². The molecule has 6 nitrogen and oxygen atoms in total. The molecule has 1 aromatic carbocycles. The molecule has 0 unspecified atom stereocenters. The van der Waals surface area contributed by atoms with Gasteiger partial charge in [-0.3, -0.25) is 14.4 Å². The standard InChI is InChI=1S/C23H29NO5/c1-14(2)13-24-19(25)11-10-16-6-8-17(9-7-16)12-18-15(3)20(26)22(28-4)23(29-5)21(18)27/h6-9,14H,10-13H2,1-5H3,(H,24,25). The van der Waals surface area contributed by atoms with Crippen LogP contribution in [-0.2, 0) is 36.7 Å². The van der Waals surface area contributed by atoms with Gasteiger partial charge in [0.05, 0.1) is 14.2 Å². The average Bonchev–Trinajstić information content (AvgIpc) is 2.71. The second-order valence-electron chi connectivity index (χ2n) is 7.52. The summed E-state index contributed by atoms with van der Waals surface area (Å²) in [5.41, 5.74) is 2.74. The Bertz CT molecular complexity index is 847. The molecule has 1 aromatic rings. The lowest BCUT2D eigenvalue weighted by Gasteiger charge is -2.20. The number of aryl methyl sites for hydroxylation is 1. The van der Waals surface area contributed by atoms with Crippen LogP contribution >= 0.6 is 0 Å². The molecule has 1 aliphatic rings. The summed E-state index contributed by atoms with van der Waals surface area (Å²) in [6.45, 7) is 6.43. The van der Waals surface area contributed by atoms with E-state index in [4.69, 9.17) is 9.47 Å². The highest BCUT2D eigenvalue weighted by atomic mass is 16.5. The van der Waals surface area contributed by atoms with E-state index >= 15 is 0 Å². The van der Waals surface area contributed by atoms with Crippen LogP contribution in [0.5, 0.6) is 0 Å². The highest BCUT2D eigenvalue weighted by Gasteiger charge is 2.34. The third-order valence-corrected chi connectivity index (χ3v) is 4.85. The minimum atomic E-state index is -0.331. The first-order valence-corrected chi connectivity index (χ1v) is 9.74. The fraction of sp³-hybridized carbons (Fsp3) is 0.435. The molecule has 0 bridgehead atoms. The largest absolute Gasteiger partial charge is 0.489 e. The normalized spacial score (nSPS) is 14.6. The molecule has 1 aliphatic carbocycles. The number of nitrogens with one attached hydrogen (secondary N) is 1. The summed E-state index contributed by atoms with van der Waals surface area (Å²) >= 11 is 0. The van der Waals surface area contributed by atoms with Crippen molar-refractivity contribution >= 4 is 17.5 Å². The summed E-state index contributed by atoms with van der Waals surface area (Å²) in [6.07, 6.45) is 1.41. The lowest BCUT2D eigenvalue weighted by molar-refractivity contribution is -0.121. The van der Waals surface area contributed by atoms with Crippen molar-refractivity contribution in [1.82, 2.24) is 5.32 Å². The third kappa shape index (κ3) is 5.56. The number of ether oxygens (including phenoxy) is 2. The molecule has 1 amide bonds. The first-order chi connectivity index (χ1) is 13.8. The average molecular weight is 399 g/mol. The van der Waals surface area contributed by atoms with Crippen LogP contribution in [-0.4, -0.2) is 38.2 Å². The number of methoxy groups -OCH3 is 2. The number of ketones is 2. The highest BCUT2D eigenvalue weighted by Crippen LogP contribution is 2.28. The fourth-order valence-electron chi connectivity index (χ4n) is 3.10. The summed E-state index contributed by atoms with van der Waals surface area (Å²) in [5.74, 6) is -0.288. The first-order valence-electron chi connectivity index (χ1n) is 9.74. The number of benzene rings is 1. The SMILES string of the molecule is COC1=C(OC)C(=O)C(Cc2ccc(CCC(=O)NCC(C)C)cc2)=C(C)C1=O. The van der Waals surface area contributed by atoms with Crippen molar-refractivity contribution in [3.05, 3.63) is 58.1 Å². The maximum absolute atomic E-state index is 12.7. The van der Waals surface area contributed by atoms with Crippen LogP contribution in [0.2, 0.25) is 0 Å². The van der Waals surface area contributed by atoms with Crippen LogP contribution in [0.1, 0.15) is 38.3 Å². The van der Waals surface area contributed by atoms with Crippen LogP contribution in [0.3, 0.4) is 0 Å². The number of hydrogen-bond donors (Lipinski definition) is 1. The Kier molecular flexibility index (Phi) is 7.76. The third-order valence-electron chi connectivity index (χ3n) is 4.85. The van der Waals surface area contributed by atoms with Gasteiger partial charge in [-0.05, 0) is 30.4 Å². The van der Waals surface area contributed by atoms with Gasteiger partial charge in [0, 0.05) is 30.5 Å². The minimum absolute atomic E-state index is 0.0442. The van der Waals surface area contributed by atoms with Gasteiger partial charge in [0.1, 0.15) is 0 Å². The van der Waals surface area contributed by atoms with E-state index < -0.39 is 0 Å². The molecule has 0 fully saturated rings. The van der Waals surface area contributed by atoms with Crippen molar-refractivity contribution in [2.75, 3.05) is 20.8 Å². The number of hydrogen-bond acceptors (Lipinski definition) is 5. The Morgan fingerprint density at radius 3 is 2.07 bits per heavy atom. The minimum Gasteiger partial charge on any atom is -0.489 e. The van der Waals surface area contributed by atoms with Gasteiger partial charge in [-0.2, -0.15) is 0 Å². The Hall–Kier alpha value is -2.89. The molecule has 0 aromatic heterocycles. The van der Waals surface area contributed by atoms with Crippen LogP contribution < -0.4 is 5.32 Å². The number of amides is 1. The van der Waals surface area contributed by atoms with Crippen molar-refractivity contribution in [1.29, 1.82) is 0 Å². The van der Waals surface area contributed by atoms with E-state index in [1.807, 2.05) is 24.3 Å². The Labute approximate surface area is 172 Å². The monoisotopic (exact) mass is 399 g/mol. The van der Waals surface area contributed by atoms with E-state index in [9.17, 15) is 14.4 Å². The molecule has 1 N–H and O–H groups in total. The van der Waals surface area contributed by atoms with Crippen molar-refractivity contribution in [2.24, 2.45) is 5.92 Å². The summed E-state index contributed by atoms with van der Waals surface area (Å²) in [4.78, 5) is 37.0. The first kappa shape index (κ1) is 22.4. The molecule has 0 saturated carbocycles. The maximum Gasteiger partial charge on any atom is 0.228 e. The Balaban J connectivity index is 2.04. The predicted octanol–water partition coefficient (Wildman–Crippen LogP) is 2.91. The summed E-state index contributed by atoms with van der Waals surface area (Å²) in [7, 11) is 2.70. The van der Waals surface area contributed by atoms with Gasteiger partial charge < -0.3 is 14.8 Å². The van der Waals surface area contributed by atoms with Gasteiger partial charge >= 0.3 is 0 Å². The quantitative estimate of drug-likeness (QED) is 0.646. The lowest BCUT2D eigenvalue weighted by Crippen LogP contribution is -2.27. The van der Waals surface area contributed by atoms with Gasteiger partial charge in [0.15, 0.2) is 0 Å². The number of carbonyl (C=O) groups excluding carboxylic acids is 3. The van der Waals surface area contributed by atoms with Crippen LogP contribution in [0.4, 0.5) is 0 Å². The van der Waals surface area contributed by atoms with Gasteiger partial charge in [0.2, 0.25) is 29.0 Å². The van der Waals surface area contributed by atoms with Crippen molar-refractivity contribution < 1.29 is 23.9 Å². The van der Waals surface area contributed by atoms with Gasteiger partial charge in [-0.25, -0.2) is 0 Å². The molecular formula is C23H29NO5. The molecule has 0 saturated heterocycles. The van der Waals surface area contributed by atoms with E-state index in [0.717, 1.165) is 11.1 Å². The van der Waals surface area contributed by atoms with Crippen molar-refractivity contribution in [3.8, 4) is 0 Å². The fourth-order valence-corrected chi connectivity index (χ4v) is 3.10. The number of carbonyl (C=O) groups is 3. The molecular weight excluding hydrogens is 370 g/mol. The molecule has 0 heterocycles. The molecule has 0 atom stereocenters. The lowest BCUT2D eigenvalue weighted by atomic mass is 9.88. The van der Waals surface area contributed by atoms with E-state index in [0.29, 0.717) is 42.9 Å².